The van der Waals surface area contributed by atoms with Gasteiger partial charge in [0, 0.05) is 12.7 Å². The Morgan fingerprint density at radius 1 is 1.47 bits per heavy atom. The minimum Gasteiger partial charge on any atom is -0.384 e. The van der Waals surface area contributed by atoms with Crippen molar-refractivity contribution in [2.75, 3.05) is 0 Å². The molecule has 0 radical (unpaired) electrons. The monoisotopic (exact) mass is 236 g/mol. The highest BCUT2D eigenvalue weighted by atomic mass is 16.3. The number of hydrogen-bond acceptors (Lipinski definition) is 2. The van der Waals surface area contributed by atoms with Gasteiger partial charge in [0.2, 0.25) is 0 Å². The molecule has 17 heavy (non-hydrogen) atoms. The van der Waals surface area contributed by atoms with Gasteiger partial charge in [-0.1, -0.05) is 20.3 Å². The van der Waals surface area contributed by atoms with Gasteiger partial charge >= 0.3 is 0 Å². The molecule has 0 bridgehead atoms. The Hall–Kier alpha value is -0.830. The van der Waals surface area contributed by atoms with E-state index in [0.29, 0.717) is 0 Å². The molecule has 0 saturated heterocycles. The van der Waals surface area contributed by atoms with Crippen LogP contribution in [0.15, 0.2) is 12.3 Å². The molecule has 1 heterocycles. The minimum absolute atomic E-state index is 0.642. The van der Waals surface area contributed by atoms with Crippen LogP contribution in [0.2, 0.25) is 0 Å². The first-order valence-corrected chi connectivity index (χ1v) is 6.90. The summed E-state index contributed by atoms with van der Waals surface area (Å²) in [6.07, 6.45) is 8.11. The molecule has 1 saturated carbocycles. The van der Waals surface area contributed by atoms with E-state index in [9.17, 15) is 5.11 Å². The molecule has 0 aromatic carbocycles. The number of aryl methyl sites for hydroxylation is 1. The van der Waals surface area contributed by atoms with Crippen molar-refractivity contribution in [2.45, 2.75) is 64.5 Å². The van der Waals surface area contributed by atoms with Crippen molar-refractivity contribution in [1.82, 2.24) is 9.78 Å². The Balaban J connectivity index is 2.20. The summed E-state index contributed by atoms with van der Waals surface area (Å²) in [6.45, 7) is 5.33. The summed E-state index contributed by atoms with van der Waals surface area (Å²) < 4.78 is 1.98. The highest BCUT2D eigenvalue weighted by Crippen LogP contribution is 2.37. The summed E-state index contributed by atoms with van der Waals surface area (Å²) in [5.74, 6) is 0.742. The number of aliphatic hydroxyl groups is 1. The predicted molar refractivity (Wildman–Crippen MR) is 68.7 cm³/mol. The quantitative estimate of drug-likeness (QED) is 0.819. The van der Waals surface area contributed by atoms with Crippen LogP contribution < -0.4 is 0 Å². The summed E-state index contributed by atoms with van der Waals surface area (Å²) in [5.41, 5.74) is 0.379. The fourth-order valence-electron chi connectivity index (χ4n) is 2.87. The van der Waals surface area contributed by atoms with Gasteiger partial charge in [0.1, 0.15) is 5.60 Å². The van der Waals surface area contributed by atoms with Gasteiger partial charge in [-0.05, 0) is 44.1 Å². The second kappa shape index (κ2) is 5.21. The second-order valence-corrected chi connectivity index (χ2v) is 5.51. The Labute approximate surface area is 104 Å². The highest BCUT2D eigenvalue weighted by Gasteiger charge is 2.34. The summed E-state index contributed by atoms with van der Waals surface area (Å²) >= 11 is 0. The van der Waals surface area contributed by atoms with Crippen molar-refractivity contribution in [2.24, 2.45) is 5.92 Å². The zero-order chi connectivity index (χ0) is 12.3. The van der Waals surface area contributed by atoms with Crippen LogP contribution in [0.25, 0.3) is 0 Å². The van der Waals surface area contributed by atoms with Gasteiger partial charge in [-0.15, -0.1) is 0 Å². The van der Waals surface area contributed by atoms with E-state index in [2.05, 4.69) is 18.9 Å². The largest absolute Gasteiger partial charge is 0.384 e. The van der Waals surface area contributed by atoms with Crippen molar-refractivity contribution in [1.29, 1.82) is 0 Å². The molecule has 0 amide bonds. The van der Waals surface area contributed by atoms with Crippen LogP contribution in [-0.4, -0.2) is 14.9 Å². The van der Waals surface area contributed by atoms with Crippen LogP contribution in [0, 0.1) is 5.92 Å². The molecular weight excluding hydrogens is 212 g/mol. The predicted octanol–water partition coefficient (Wildman–Crippen LogP) is 3.08. The molecule has 0 spiro atoms. The van der Waals surface area contributed by atoms with E-state index in [1.54, 1.807) is 0 Å². The lowest BCUT2D eigenvalue weighted by Crippen LogP contribution is -2.28. The molecule has 2 unspecified atom stereocenters. The summed E-state index contributed by atoms with van der Waals surface area (Å²) in [7, 11) is 0. The molecule has 1 aromatic rings. The van der Waals surface area contributed by atoms with E-state index in [4.69, 9.17) is 0 Å². The Kier molecular flexibility index (Phi) is 3.87. The lowest BCUT2D eigenvalue weighted by atomic mass is 9.90. The molecule has 3 nitrogen and oxygen atoms in total. The Bertz CT molecular complexity index is 361. The maximum Gasteiger partial charge on any atom is 0.106 e. The number of rotatable bonds is 3. The third-order valence-corrected chi connectivity index (χ3v) is 3.97. The minimum atomic E-state index is -0.642. The van der Waals surface area contributed by atoms with Crippen LogP contribution in [0.4, 0.5) is 0 Å². The highest BCUT2D eigenvalue weighted by molar-refractivity contribution is 5.12. The number of hydrogen-bond donors (Lipinski definition) is 1. The molecule has 2 rings (SSSR count). The fourth-order valence-corrected chi connectivity index (χ4v) is 2.87. The van der Waals surface area contributed by atoms with E-state index < -0.39 is 5.60 Å². The van der Waals surface area contributed by atoms with Gasteiger partial charge < -0.3 is 5.11 Å². The first-order valence-electron chi connectivity index (χ1n) is 6.90. The van der Waals surface area contributed by atoms with Crippen LogP contribution in [0.3, 0.4) is 0 Å². The van der Waals surface area contributed by atoms with Crippen LogP contribution >= 0.6 is 0 Å². The third-order valence-electron chi connectivity index (χ3n) is 3.97. The summed E-state index contributed by atoms with van der Waals surface area (Å²) in [6, 6.07) is 1.99. The molecule has 96 valence electrons. The fraction of sp³-hybridized carbons (Fsp3) is 0.786. The lowest BCUT2D eigenvalue weighted by molar-refractivity contribution is 0.0109. The Morgan fingerprint density at radius 3 is 3.06 bits per heavy atom. The molecule has 1 fully saturated rings. The average Bonchev–Trinajstić information content (AvgIpc) is 2.69. The van der Waals surface area contributed by atoms with Crippen molar-refractivity contribution < 1.29 is 5.11 Å². The van der Waals surface area contributed by atoms with E-state index in [1.165, 1.54) is 6.42 Å². The SMILES string of the molecule is CCCn1nccc1C1(O)CCCC(C)CC1. The zero-order valence-corrected chi connectivity index (χ0v) is 11.0. The van der Waals surface area contributed by atoms with Crippen molar-refractivity contribution in [3.05, 3.63) is 18.0 Å². The van der Waals surface area contributed by atoms with E-state index in [0.717, 1.165) is 50.3 Å². The van der Waals surface area contributed by atoms with Gasteiger partial charge in [0.15, 0.2) is 0 Å². The van der Waals surface area contributed by atoms with Gasteiger partial charge in [0.25, 0.3) is 0 Å². The van der Waals surface area contributed by atoms with Crippen LogP contribution in [0.1, 0.15) is 58.1 Å². The number of nitrogens with zero attached hydrogens (tertiary/aromatic N) is 2. The smallest absolute Gasteiger partial charge is 0.106 e. The normalized spacial score (nSPS) is 30.2. The molecule has 0 aliphatic heterocycles. The molecule has 1 aromatic heterocycles. The van der Waals surface area contributed by atoms with Gasteiger partial charge in [-0.3, -0.25) is 4.68 Å². The average molecular weight is 236 g/mol. The molecular formula is C14H24N2O. The second-order valence-electron chi connectivity index (χ2n) is 5.51. The molecule has 1 N–H and O–H groups in total. The van der Waals surface area contributed by atoms with Gasteiger partial charge in [-0.2, -0.15) is 5.10 Å². The molecule has 3 heteroatoms. The van der Waals surface area contributed by atoms with Crippen molar-refractivity contribution in [3.8, 4) is 0 Å². The van der Waals surface area contributed by atoms with E-state index >= 15 is 0 Å². The van der Waals surface area contributed by atoms with Crippen molar-refractivity contribution in [3.63, 3.8) is 0 Å². The van der Waals surface area contributed by atoms with Crippen LogP contribution in [0.5, 0.6) is 0 Å². The Morgan fingerprint density at radius 2 is 2.29 bits per heavy atom. The van der Waals surface area contributed by atoms with Crippen LogP contribution in [-0.2, 0) is 12.1 Å². The molecule has 1 aliphatic carbocycles. The molecule has 1 aliphatic rings. The summed E-state index contributed by atoms with van der Waals surface area (Å²) in [5, 5.41) is 15.2. The standard InChI is InChI=1S/C14H24N2O/c1-3-11-16-13(7-10-15-16)14(17)8-4-5-12(2)6-9-14/h7,10,12,17H,3-6,8-9,11H2,1-2H3. The summed E-state index contributed by atoms with van der Waals surface area (Å²) in [4.78, 5) is 0. The first kappa shape index (κ1) is 12.6. The maximum atomic E-state index is 10.9. The zero-order valence-electron chi connectivity index (χ0n) is 11.0. The van der Waals surface area contributed by atoms with E-state index in [-0.39, 0.29) is 0 Å². The topological polar surface area (TPSA) is 38.0 Å². The lowest BCUT2D eigenvalue weighted by Gasteiger charge is -2.27. The van der Waals surface area contributed by atoms with Crippen molar-refractivity contribution >= 4 is 0 Å². The maximum absolute atomic E-state index is 10.9. The number of aromatic nitrogens is 2. The van der Waals surface area contributed by atoms with E-state index in [1.807, 2.05) is 16.9 Å². The third kappa shape index (κ3) is 2.71. The van der Waals surface area contributed by atoms with Gasteiger partial charge in [0.05, 0.1) is 5.69 Å². The molecule has 2 atom stereocenters. The first-order chi connectivity index (χ1) is 8.15. The van der Waals surface area contributed by atoms with Gasteiger partial charge in [-0.25, -0.2) is 0 Å².